The molecule has 0 aliphatic carbocycles. The van der Waals surface area contributed by atoms with Crippen molar-refractivity contribution >= 4 is 11.9 Å². The molecule has 0 radical (unpaired) electrons. The van der Waals surface area contributed by atoms with Gasteiger partial charge in [-0.2, -0.15) is 0 Å². The van der Waals surface area contributed by atoms with E-state index in [1.54, 1.807) is 18.2 Å². The normalized spacial score (nSPS) is 21.0. The summed E-state index contributed by atoms with van der Waals surface area (Å²) in [5, 5.41) is 9.18. The fraction of sp³-hybridized carbons (Fsp3) is 0.429. The molecule has 2 aliphatic rings. The molecule has 2 aliphatic heterocycles. The molecule has 2 heterocycles. The smallest absolute Gasteiger partial charge is 0.328 e. The first-order valence-corrected chi connectivity index (χ1v) is 6.68. The van der Waals surface area contributed by atoms with Crippen LogP contribution in [0.3, 0.4) is 0 Å². The molecule has 1 aromatic carbocycles. The molecule has 1 amide bonds. The molecule has 1 atom stereocenters. The van der Waals surface area contributed by atoms with Crippen LogP contribution >= 0.6 is 0 Å². The summed E-state index contributed by atoms with van der Waals surface area (Å²) >= 11 is 0. The van der Waals surface area contributed by atoms with Gasteiger partial charge in [0.15, 0.2) is 17.5 Å². The van der Waals surface area contributed by atoms with Crippen molar-refractivity contribution in [1.29, 1.82) is 0 Å². The van der Waals surface area contributed by atoms with Crippen molar-refractivity contribution in [1.82, 2.24) is 4.90 Å². The van der Waals surface area contributed by atoms with E-state index in [0.29, 0.717) is 36.9 Å². The third-order valence-corrected chi connectivity index (χ3v) is 3.46. The van der Waals surface area contributed by atoms with Crippen LogP contribution in [0.25, 0.3) is 0 Å². The van der Waals surface area contributed by atoms with Gasteiger partial charge in [0, 0.05) is 12.1 Å². The van der Waals surface area contributed by atoms with E-state index in [0.717, 1.165) is 0 Å². The molecule has 0 aromatic heterocycles. The Morgan fingerprint density at radius 2 is 1.90 bits per heavy atom. The quantitative estimate of drug-likeness (QED) is 0.848. The first kappa shape index (κ1) is 13.7. The minimum absolute atomic E-state index is 0.00558. The Labute approximate surface area is 121 Å². The number of morpholine rings is 1. The van der Waals surface area contributed by atoms with Crippen LogP contribution in [0.2, 0.25) is 0 Å². The van der Waals surface area contributed by atoms with Crippen LogP contribution in [0.1, 0.15) is 10.4 Å². The third-order valence-electron chi connectivity index (χ3n) is 3.46. The van der Waals surface area contributed by atoms with Crippen molar-refractivity contribution in [3.8, 4) is 11.5 Å². The van der Waals surface area contributed by atoms with Gasteiger partial charge in [0.1, 0.15) is 13.2 Å². The summed E-state index contributed by atoms with van der Waals surface area (Å²) in [6.45, 7) is 1.50. The lowest BCUT2D eigenvalue weighted by molar-refractivity contribution is -0.147. The van der Waals surface area contributed by atoms with Gasteiger partial charge in [-0.1, -0.05) is 0 Å². The summed E-state index contributed by atoms with van der Waals surface area (Å²) < 4.78 is 16.0. The van der Waals surface area contributed by atoms with Crippen molar-refractivity contribution < 1.29 is 28.9 Å². The lowest BCUT2D eigenvalue weighted by Gasteiger charge is -2.33. The zero-order valence-electron chi connectivity index (χ0n) is 11.3. The summed E-state index contributed by atoms with van der Waals surface area (Å²) in [4.78, 5) is 25.0. The molecule has 21 heavy (non-hydrogen) atoms. The molecule has 112 valence electrons. The second-order valence-corrected chi connectivity index (χ2v) is 4.79. The molecule has 0 bridgehead atoms. The SMILES string of the molecule is O=C(O)[C@@H]1COCCN1C(=O)c1ccc2c(c1)OCCO2. The maximum atomic E-state index is 12.5. The van der Waals surface area contributed by atoms with Gasteiger partial charge < -0.3 is 24.2 Å². The number of rotatable bonds is 2. The summed E-state index contributed by atoms with van der Waals surface area (Å²) in [6.07, 6.45) is 0. The van der Waals surface area contributed by atoms with Gasteiger partial charge in [0.05, 0.1) is 13.2 Å². The highest BCUT2D eigenvalue weighted by molar-refractivity contribution is 5.97. The molecular formula is C14H15NO6. The number of amides is 1. The minimum Gasteiger partial charge on any atom is -0.486 e. The van der Waals surface area contributed by atoms with Gasteiger partial charge in [0.2, 0.25) is 0 Å². The monoisotopic (exact) mass is 293 g/mol. The number of ether oxygens (including phenoxy) is 3. The second-order valence-electron chi connectivity index (χ2n) is 4.79. The molecular weight excluding hydrogens is 278 g/mol. The largest absolute Gasteiger partial charge is 0.486 e. The maximum Gasteiger partial charge on any atom is 0.328 e. The van der Waals surface area contributed by atoms with Crippen molar-refractivity contribution in [2.24, 2.45) is 0 Å². The number of hydrogen-bond acceptors (Lipinski definition) is 5. The summed E-state index contributed by atoms with van der Waals surface area (Å²) in [6, 6.07) is 3.91. The van der Waals surface area contributed by atoms with E-state index in [4.69, 9.17) is 14.2 Å². The molecule has 1 saturated heterocycles. The van der Waals surface area contributed by atoms with Crippen molar-refractivity contribution in [2.45, 2.75) is 6.04 Å². The van der Waals surface area contributed by atoms with E-state index >= 15 is 0 Å². The molecule has 7 heteroatoms. The lowest BCUT2D eigenvalue weighted by Crippen LogP contribution is -2.52. The van der Waals surface area contributed by atoms with E-state index in [-0.39, 0.29) is 19.1 Å². The summed E-state index contributed by atoms with van der Waals surface area (Å²) in [5.74, 6) is -0.315. The van der Waals surface area contributed by atoms with Crippen molar-refractivity contribution in [2.75, 3.05) is 33.0 Å². The number of fused-ring (bicyclic) bond motifs is 1. The molecule has 3 rings (SSSR count). The summed E-state index contributed by atoms with van der Waals surface area (Å²) in [7, 11) is 0. The third kappa shape index (κ3) is 2.64. The maximum absolute atomic E-state index is 12.5. The van der Waals surface area contributed by atoms with E-state index in [1.165, 1.54) is 4.90 Å². The zero-order valence-corrected chi connectivity index (χ0v) is 11.3. The molecule has 0 unspecified atom stereocenters. The Morgan fingerprint density at radius 3 is 2.67 bits per heavy atom. The van der Waals surface area contributed by atoms with Crippen LogP contribution in [0, 0.1) is 0 Å². The van der Waals surface area contributed by atoms with Crippen LogP contribution in [-0.2, 0) is 9.53 Å². The van der Waals surface area contributed by atoms with Crippen LogP contribution in [-0.4, -0.2) is 60.9 Å². The topological polar surface area (TPSA) is 85.3 Å². The molecule has 1 N–H and O–H groups in total. The highest BCUT2D eigenvalue weighted by Gasteiger charge is 2.33. The van der Waals surface area contributed by atoms with Gasteiger partial charge in [-0.3, -0.25) is 4.79 Å². The fourth-order valence-electron chi connectivity index (χ4n) is 2.39. The Bertz CT molecular complexity index is 573. The van der Waals surface area contributed by atoms with Crippen LogP contribution in [0.4, 0.5) is 0 Å². The van der Waals surface area contributed by atoms with Gasteiger partial charge in [-0.25, -0.2) is 4.79 Å². The van der Waals surface area contributed by atoms with Crippen LogP contribution < -0.4 is 9.47 Å². The van der Waals surface area contributed by atoms with Gasteiger partial charge in [0.25, 0.3) is 5.91 Å². The van der Waals surface area contributed by atoms with E-state index in [1.807, 2.05) is 0 Å². The zero-order chi connectivity index (χ0) is 14.8. The minimum atomic E-state index is -1.07. The Hall–Kier alpha value is -2.28. The standard InChI is InChI=1S/C14H15NO6/c16-13(15-3-4-19-8-10(15)14(17)18)9-1-2-11-12(7-9)21-6-5-20-11/h1-2,7,10H,3-6,8H2,(H,17,18)/t10-/m0/s1. The van der Waals surface area contributed by atoms with E-state index in [2.05, 4.69) is 0 Å². The average molecular weight is 293 g/mol. The van der Waals surface area contributed by atoms with Gasteiger partial charge in [-0.15, -0.1) is 0 Å². The molecule has 1 aromatic rings. The number of hydrogen-bond donors (Lipinski definition) is 1. The van der Waals surface area contributed by atoms with Crippen LogP contribution in [0.15, 0.2) is 18.2 Å². The molecule has 7 nitrogen and oxygen atoms in total. The molecule has 0 saturated carbocycles. The van der Waals surface area contributed by atoms with Gasteiger partial charge >= 0.3 is 5.97 Å². The van der Waals surface area contributed by atoms with Crippen LogP contribution in [0.5, 0.6) is 11.5 Å². The Kier molecular flexibility index (Phi) is 3.66. The Morgan fingerprint density at radius 1 is 1.14 bits per heavy atom. The first-order valence-electron chi connectivity index (χ1n) is 6.68. The second kappa shape index (κ2) is 5.61. The number of aliphatic carboxylic acids is 1. The average Bonchev–Trinajstić information content (AvgIpc) is 2.53. The number of carbonyl (C=O) groups is 2. The van der Waals surface area contributed by atoms with Crippen molar-refractivity contribution in [3.63, 3.8) is 0 Å². The van der Waals surface area contributed by atoms with Gasteiger partial charge in [-0.05, 0) is 18.2 Å². The fourth-order valence-corrected chi connectivity index (χ4v) is 2.39. The van der Waals surface area contributed by atoms with E-state index < -0.39 is 12.0 Å². The Balaban J connectivity index is 1.85. The lowest BCUT2D eigenvalue weighted by atomic mass is 10.1. The van der Waals surface area contributed by atoms with E-state index in [9.17, 15) is 14.7 Å². The number of carboxylic acid groups (broad SMARTS) is 1. The van der Waals surface area contributed by atoms with Crippen molar-refractivity contribution in [3.05, 3.63) is 23.8 Å². The number of carbonyl (C=O) groups excluding carboxylic acids is 1. The molecule has 0 spiro atoms. The predicted molar refractivity (Wildman–Crippen MR) is 70.7 cm³/mol. The number of benzene rings is 1. The highest BCUT2D eigenvalue weighted by Crippen LogP contribution is 2.31. The summed E-state index contributed by atoms with van der Waals surface area (Å²) in [5.41, 5.74) is 0.382. The number of carboxylic acids is 1. The predicted octanol–water partition coefficient (Wildman–Crippen LogP) is 0.383. The molecule has 1 fully saturated rings. The number of nitrogens with zero attached hydrogens (tertiary/aromatic N) is 1. The highest BCUT2D eigenvalue weighted by atomic mass is 16.6. The first-order chi connectivity index (χ1) is 10.2.